The highest BCUT2D eigenvalue weighted by molar-refractivity contribution is 5.98. The lowest BCUT2D eigenvalue weighted by atomic mass is 9.50. The molecule has 1 nitrogen and oxygen atoms in total. The van der Waals surface area contributed by atoms with E-state index in [1.165, 1.54) is 78.0 Å². The van der Waals surface area contributed by atoms with Gasteiger partial charge in [-0.1, -0.05) is 218 Å². The maximum atomic E-state index is 2.50. The second kappa shape index (κ2) is 15.2. The summed E-state index contributed by atoms with van der Waals surface area (Å²) < 4.78 is 0. The molecule has 0 heterocycles. The Morgan fingerprint density at radius 1 is 0.429 bits per heavy atom. The van der Waals surface area contributed by atoms with Crippen molar-refractivity contribution < 1.29 is 0 Å². The van der Waals surface area contributed by atoms with Crippen LogP contribution in [0, 0.1) is 0 Å². The number of fused-ring (bicyclic) bond motifs is 9. The number of anilines is 3. The third kappa shape index (κ3) is 5.62. The highest BCUT2D eigenvalue weighted by atomic mass is 15.1. The van der Waals surface area contributed by atoms with E-state index in [0.717, 1.165) is 30.6 Å². The maximum Gasteiger partial charge on any atom is 0.0720 e. The first kappa shape index (κ1) is 37.3. The van der Waals surface area contributed by atoms with Gasteiger partial charge in [0.15, 0.2) is 0 Å². The molecule has 0 amide bonds. The van der Waals surface area contributed by atoms with Crippen LogP contribution < -0.4 is 4.90 Å². The Bertz CT molecular complexity index is 3080. The number of rotatable bonds is 7. The van der Waals surface area contributed by atoms with Gasteiger partial charge in [-0.3, -0.25) is 0 Å². The van der Waals surface area contributed by atoms with Crippen molar-refractivity contribution in [2.24, 2.45) is 0 Å². The molecule has 0 saturated heterocycles. The van der Waals surface area contributed by atoms with Crippen molar-refractivity contribution in [3.8, 4) is 22.3 Å². The topological polar surface area (TPSA) is 3.24 Å². The summed E-state index contributed by atoms with van der Waals surface area (Å²) in [5.74, 6) is 0.380. The van der Waals surface area contributed by atoms with Crippen LogP contribution in [-0.4, -0.2) is 0 Å². The third-order valence-electron chi connectivity index (χ3n) is 14.3. The lowest BCUT2D eigenvalue weighted by molar-refractivity contribution is 0.595. The first-order valence-corrected chi connectivity index (χ1v) is 22.5. The Kier molecular flexibility index (Phi) is 8.97. The van der Waals surface area contributed by atoms with Crippen LogP contribution in [0.25, 0.3) is 22.3 Å². The van der Waals surface area contributed by atoms with E-state index in [9.17, 15) is 0 Å². The quantitative estimate of drug-likeness (QED) is 0.155. The van der Waals surface area contributed by atoms with E-state index in [1.807, 2.05) is 0 Å². The number of hydrogen-bond donors (Lipinski definition) is 0. The van der Waals surface area contributed by atoms with Crippen LogP contribution in [0.2, 0.25) is 0 Å². The minimum absolute atomic E-state index is 0.380. The molecule has 0 fully saturated rings. The van der Waals surface area contributed by atoms with Crippen molar-refractivity contribution in [2.75, 3.05) is 4.90 Å². The number of benzene rings is 8. The van der Waals surface area contributed by atoms with Crippen LogP contribution in [0.5, 0.6) is 0 Å². The van der Waals surface area contributed by atoms with E-state index in [1.54, 1.807) is 0 Å². The number of hydrogen-bond acceptors (Lipinski definition) is 1. The zero-order chi connectivity index (χ0) is 41.8. The lowest BCUT2D eigenvalue weighted by Crippen LogP contribution is -2.45. The van der Waals surface area contributed by atoms with Gasteiger partial charge in [-0.05, 0) is 111 Å². The molecule has 63 heavy (non-hydrogen) atoms. The van der Waals surface area contributed by atoms with Crippen molar-refractivity contribution >= 4 is 17.1 Å². The molecule has 0 bridgehead atoms. The van der Waals surface area contributed by atoms with Gasteiger partial charge in [0.25, 0.3) is 0 Å². The van der Waals surface area contributed by atoms with Gasteiger partial charge in [-0.2, -0.15) is 0 Å². The van der Waals surface area contributed by atoms with E-state index < -0.39 is 10.8 Å². The molecule has 0 radical (unpaired) electrons. The number of allylic oxidation sites excluding steroid dienone is 8. The molecular weight excluding hydrogens is 759 g/mol. The molecule has 4 aliphatic rings. The Balaban J connectivity index is 1.13. The minimum Gasteiger partial charge on any atom is -0.310 e. The number of nitrogens with zero attached hydrogens (tertiary/aromatic N) is 1. The average molecular weight is 806 g/mol. The first-order valence-electron chi connectivity index (χ1n) is 22.5. The zero-order valence-corrected chi connectivity index (χ0v) is 35.2. The largest absolute Gasteiger partial charge is 0.310 e. The predicted octanol–water partition coefficient (Wildman–Crippen LogP) is 15.7. The molecule has 0 saturated carbocycles. The fraction of sp³-hybridized carbons (Fsp3) is 0.0968. The van der Waals surface area contributed by atoms with E-state index in [0.29, 0.717) is 5.92 Å². The van der Waals surface area contributed by atoms with E-state index >= 15 is 0 Å². The highest BCUT2D eigenvalue weighted by Gasteiger charge is 2.57. The summed E-state index contributed by atoms with van der Waals surface area (Å²) in [5.41, 5.74) is 19.6. The van der Waals surface area contributed by atoms with Crippen LogP contribution >= 0.6 is 0 Å². The van der Waals surface area contributed by atoms with Gasteiger partial charge in [0.1, 0.15) is 0 Å². The van der Waals surface area contributed by atoms with Crippen molar-refractivity contribution in [2.45, 2.75) is 36.0 Å². The summed E-state index contributed by atoms with van der Waals surface area (Å²) in [6.45, 7) is 0. The van der Waals surface area contributed by atoms with Gasteiger partial charge < -0.3 is 4.90 Å². The second-order valence-corrected chi connectivity index (χ2v) is 17.4. The standard InChI is InChI=1S/C62H47N/c1-5-20-44(21-6-1)46-36-40-50(41-37-46)63(51-42-38-47(39-43-51)45-22-7-2-8-23-45)59-35-19-34-58-60(59)52-28-13-14-29-53(52)62(58)56-32-17-15-30-54(56)61(48-24-9-3-10-25-48,49-26-11-4-12-27-49)55-31-16-18-33-57(55)62/h1-11,13-22,24-26,28-43,45H,12,23,27H2. The summed E-state index contributed by atoms with van der Waals surface area (Å²) >= 11 is 0. The Labute approximate surface area is 371 Å². The Morgan fingerprint density at radius 2 is 1.00 bits per heavy atom. The molecule has 0 N–H and O–H groups in total. The van der Waals surface area contributed by atoms with Gasteiger partial charge in [0, 0.05) is 22.9 Å². The van der Waals surface area contributed by atoms with Gasteiger partial charge in [-0.15, -0.1) is 0 Å². The molecule has 12 rings (SSSR count). The van der Waals surface area contributed by atoms with Crippen LogP contribution in [-0.2, 0) is 10.8 Å². The Morgan fingerprint density at radius 3 is 1.63 bits per heavy atom. The van der Waals surface area contributed by atoms with E-state index in [-0.39, 0.29) is 0 Å². The normalized spacial score (nSPS) is 20.1. The van der Waals surface area contributed by atoms with Crippen molar-refractivity contribution in [3.63, 3.8) is 0 Å². The van der Waals surface area contributed by atoms with Crippen LogP contribution in [0.1, 0.15) is 69.7 Å². The average Bonchev–Trinajstić information content (AvgIpc) is 3.67. The van der Waals surface area contributed by atoms with Crippen molar-refractivity contribution in [1.82, 2.24) is 0 Å². The van der Waals surface area contributed by atoms with E-state index in [4.69, 9.17) is 0 Å². The van der Waals surface area contributed by atoms with Gasteiger partial charge in [-0.25, -0.2) is 0 Å². The summed E-state index contributed by atoms with van der Waals surface area (Å²) in [6.07, 6.45) is 19.0. The maximum absolute atomic E-state index is 2.50. The molecule has 1 unspecified atom stereocenters. The summed E-state index contributed by atoms with van der Waals surface area (Å²) in [5, 5.41) is 0. The van der Waals surface area contributed by atoms with Crippen LogP contribution in [0.4, 0.5) is 17.1 Å². The smallest absolute Gasteiger partial charge is 0.0720 e. The molecule has 300 valence electrons. The minimum atomic E-state index is -0.563. The summed E-state index contributed by atoms with van der Waals surface area (Å²) in [6, 6.07) is 75.6. The van der Waals surface area contributed by atoms with Crippen LogP contribution in [0.15, 0.2) is 248 Å². The fourth-order valence-corrected chi connectivity index (χ4v) is 11.6. The molecule has 4 aliphatic carbocycles. The summed E-state index contributed by atoms with van der Waals surface area (Å²) in [7, 11) is 0. The molecule has 1 atom stereocenters. The van der Waals surface area contributed by atoms with Crippen molar-refractivity contribution in [1.29, 1.82) is 0 Å². The lowest BCUT2D eigenvalue weighted by Gasteiger charge is -2.51. The van der Waals surface area contributed by atoms with Gasteiger partial charge >= 0.3 is 0 Å². The molecule has 0 aliphatic heterocycles. The summed E-state index contributed by atoms with van der Waals surface area (Å²) in [4.78, 5) is 2.50. The fourth-order valence-electron chi connectivity index (χ4n) is 11.6. The molecular formula is C62H47N. The van der Waals surface area contributed by atoms with Gasteiger partial charge in [0.05, 0.1) is 16.5 Å². The van der Waals surface area contributed by atoms with Crippen molar-refractivity contribution in [3.05, 3.63) is 293 Å². The molecule has 0 aromatic heterocycles. The SMILES string of the molecule is C1=CCCC(C2(c3ccccc3)c3ccccc3C3(c4ccccc4-c4c(N(c5ccc(-c6ccccc6)cc5)c5ccc(C6C=CC=CC6)cc5)cccc43)c3ccccc32)=C1. The highest BCUT2D eigenvalue weighted by Crippen LogP contribution is 2.66. The van der Waals surface area contributed by atoms with Crippen LogP contribution in [0.3, 0.4) is 0 Å². The predicted molar refractivity (Wildman–Crippen MR) is 262 cm³/mol. The molecule has 8 aromatic rings. The molecule has 8 aromatic carbocycles. The second-order valence-electron chi connectivity index (χ2n) is 17.4. The monoisotopic (exact) mass is 805 g/mol. The zero-order valence-electron chi connectivity index (χ0n) is 35.2. The van der Waals surface area contributed by atoms with E-state index in [2.05, 4.69) is 248 Å². The molecule has 1 spiro atoms. The first-order chi connectivity index (χ1) is 31.3. The molecule has 1 heteroatoms. The third-order valence-corrected chi connectivity index (χ3v) is 14.3. The Hall–Kier alpha value is -7.48. The van der Waals surface area contributed by atoms with Gasteiger partial charge in [0.2, 0.25) is 0 Å².